The van der Waals surface area contributed by atoms with Crippen molar-refractivity contribution in [1.29, 1.82) is 0 Å². The second-order valence-corrected chi connectivity index (χ2v) is 4.68. The first kappa shape index (κ1) is 24.1. The summed E-state index contributed by atoms with van der Waals surface area (Å²) >= 11 is 0. The van der Waals surface area contributed by atoms with Gasteiger partial charge in [-0.05, 0) is 24.8 Å². The van der Waals surface area contributed by atoms with Gasteiger partial charge < -0.3 is 9.47 Å². The Morgan fingerprint density at radius 1 is 0.957 bits per heavy atom. The molecule has 0 aromatic rings. The van der Waals surface area contributed by atoms with E-state index in [-0.39, 0.29) is 35.1 Å². The van der Waals surface area contributed by atoms with Crippen molar-refractivity contribution < 1.29 is 45.3 Å². The molecule has 23 heavy (non-hydrogen) atoms. The minimum Gasteiger partial charge on any atom is 0 e. The number of carbonyl (C=O) groups is 1. The van der Waals surface area contributed by atoms with E-state index in [0.717, 1.165) is 12.8 Å². The van der Waals surface area contributed by atoms with Crippen LogP contribution in [-0.2, 0) is 45.3 Å². The summed E-state index contributed by atoms with van der Waals surface area (Å²) in [6.45, 7) is 14.9. The number of rotatable bonds is 1. The molecule has 0 radical (unpaired) electrons. The zero-order valence-electron chi connectivity index (χ0n) is 12.3. The molecule has 1 unspecified atom stereocenters. The molecule has 1 saturated carbocycles. The van der Waals surface area contributed by atoms with E-state index >= 15 is 0 Å². The van der Waals surface area contributed by atoms with Crippen LogP contribution in [0.5, 0.6) is 0 Å². The average molecular weight is 360 g/mol. The SMILES string of the molecule is O=C1C=CC=C[C@@H]2C(C3OCCO3)CC[C@H]12.[C-]#[O+].[C-]#[O+].[C-]#[O+].[Fe]. The van der Waals surface area contributed by atoms with Gasteiger partial charge in [-0.25, -0.2) is 0 Å². The zero-order chi connectivity index (χ0) is 17.0. The third-order valence-corrected chi connectivity index (χ3v) is 3.84. The molecule has 1 heterocycles. The van der Waals surface area contributed by atoms with Gasteiger partial charge in [0.15, 0.2) is 12.1 Å². The first-order valence-corrected chi connectivity index (χ1v) is 6.59. The Morgan fingerprint density at radius 2 is 1.52 bits per heavy atom. The summed E-state index contributed by atoms with van der Waals surface area (Å²) in [6.07, 6.45) is 9.57. The molecule has 0 spiro atoms. The van der Waals surface area contributed by atoms with Gasteiger partial charge in [0.25, 0.3) is 0 Å². The minimum atomic E-state index is -0.0921. The molecular formula is C16H16FeO6. The monoisotopic (exact) mass is 360 g/mol. The van der Waals surface area contributed by atoms with Gasteiger partial charge in [0, 0.05) is 28.9 Å². The molecule has 1 aliphatic heterocycles. The van der Waals surface area contributed by atoms with E-state index in [1.165, 1.54) is 0 Å². The number of carbonyl (C=O) groups excluding carboxylic acids is 1. The normalized spacial score (nSPS) is 27.4. The second-order valence-electron chi connectivity index (χ2n) is 4.68. The molecule has 0 N–H and O–H groups in total. The third kappa shape index (κ3) is 6.44. The van der Waals surface area contributed by atoms with Crippen LogP contribution in [0.1, 0.15) is 12.8 Å². The maximum atomic E-state index is 11.8. The Morgan fingerprint density at radius 3 is 2.09 bits per heavy atom. The molecule has 0 aromatic heterocycles. The molecule has 2 fully saturated rings. The van der Waals surface area contributed by atoms with Crippen molar-refractivity contribution in [2.45, 2.75) is 19.1 Å². The van der Waals surface area contributed by atoms with Gasteiger partial charge >= 0.3 is 33.9 Å². The number of allylic oxidation sites excluding steroid dienone is 4. The Bertz CT molecular complexity index is 445. The van der Waals surface area contributed by atoms with Gasteiger partial charge in [-0.3, -0.25) is 4.79 Å². The second kappa shape index (κ2) is 14.4. The van der Waals surface area contributed by atoms with Crippen LogP contribution in [0, 0.1) is 37.7 Å². The molecule has 3 rings (SSSR count). The molecule has 0 aromatic carbocycles. The summed E-state index contributed by atoms with van der Waals surface area (Å²) in [5, 5.41) is 0. The smallest absolute Gasteiger partial charge is 0 e. The van der Waals surface area contributed by atoms with Crippen LogP contribution in [0.25, 0.3) is 0 Å². The number of fused-ring (bicyclic) bond motifs is 1. The molecule has 124 valence electrons. The van der Waals surface area contributed by atoms with Crippen molar-refractivity contribution in [2.24, 2.45) is 17.8 Å². The van der Waals surface area contributed by atoms with Crippen molar-refractivity contribution in [3.63, 3.8) is 0 Å². The maximum Gasteiger partial charge on any atom is 0 e. The van der Waals surface area contributed by atoms with Gasteiger partial charge in [0.1, 0.15) is 0 Å². The van der Waals surface area contributed by atoms with Crippen LogP contribution < -0.4 is 0 Å². The predicted octanol–water partition coefficient (Wildman–Crippen LogP) is 1.58. The Kier molecular flexibility index (Phi) is 15.1. The van der Waals surface area contributed by atoms with Crippen molar-refractivity contribution in [3.05, 3.63) is 44.3 Å². The Labute approximate surface area is 145 Å². The minimum absolute atomic E-state index is 0. The summed E-state index contributed by atoms with van der Waals surface area (Å²) in [6, 6.07) is 0. The van der Waals surface area contributed by atoms with Crippen LogP contribution in [-0.4, -0.2) is 25.3 Å². The van der Waals surface area contributed by atoms with E-state index in [1.807, 2.05) is 12.2 Å². The van der Waals surface area contributed by atoms with E-state index in [0.29, 0.717) is 25.0 Å². The summed E-state index contributed by atoms with van der Waals surface area (Å²) in [7, 11) is 0. The molecule has 3 aliphatic rings. The topological polar surface area (TPSA) is 95.2 Å². The standard InChI is InChI=1S/C13H16O3.3CO.Fe/c14-12-4-2-1-3-9-10(12)5-6-11(9)13-15-7-8-16-13;3*1-2;/h1-4,9-11,13H,5-8H2;;;;/t9-,10-,11?;;;;/m0..../s1. The van der Waals surface area contributed by atoms with E-state index in [2.05, 4.69) is 26.0 Å². The Hall–Kier alpha value is -1.19. The molecule has 0 bridgehead atoms. The van der Waals surface area contributed by atoms with Crippen molar-refractivity contribution in [3.8, 4) is 0 Å². The third-order valence-electron chi connectivity index (χ3n) is 3.84. The quantitative estimate of drug-likeness (QED) is 0.404. The van der Waals surface area contributed by atoms with Crippen LogP contribution in [0.15, 0.2) is 24.3 Å². The molecule has 1 saturated heterocycles. The first-order chi connectivity index (χ1) is 10.9. The van der Waals surface area contributed by atoms with Gasteiger partial charge in [-0.15, -0.1) is 0 Å². The molecule has 3 atom stereocenters. The van der Waals surface area contributed by atoms with Crippen LogP contribution in [0.4, 0.5) is 0 Å². The Balaban J connectivity index is 0. The van der Waals surface area contributed by atoms with Gasteiger partial charge in [-0.2, -0.15) is 0 Å². The maximum absolute atomic E-state index is 11.8. The van der Waals surface area contributed by atoms with Crippen LogP contribution >= 0.6 is 0 Å². The molecular weight excluding hydrogens is 344 g/mol. The van der Waals surface area contributed by atoms with E-state index in [9.17, 15) is 4.79 Å². The molecule has 2 aliphatic carbocycles. The number of ether oxygens (including phenoxy) is 2. The van der Waals surface area contributed by atoms with Crippen LogP contribution in [0.3, 0.4) is 0 Å². The summed E-state index contributed by atoms with van der Waals surface area (Å²) in [4.78, 5) is 11.8. The fraction of sp³-hybridized carbons (Fsp3) is 0.500. The average Bonchev–Trinajstić information content (AvgIpc) is 3.23. The summed E-state index contributed by atoms with van der Waals surface area (Å²) in [5.74, 6) is 1.06. The molecule has 0 amide bonds. The number of hydrogen-bond donors (Lipinski definition) is 0. The van der Waals surface area contributed by atoms with Gasteiger partial charge in [0.2, 0.25) is 0 Å². The fourth-order valence-electron chi connectivity index (χ4n) is 3.07. The van der Waals surface area contributed by atoms with Crippen molar-refractivity contribution in [1.82, 2.24) is 0 Å². The predicted molar refractivity (Wildman–Crippen MR) is 70.5 cm³/mol. The fourth-order valence-corrected chi connectivity index (χ4v) is 3.07. The van der Waals surface area contributed by atoms with E-state index in [1.54, 1.807) is 6.08 Å². The largest absolute Gasteiger partial charge is 0 e. The van der Waals surface area contributed by atoms with Crippen molar-refractivity contribution >= 4 is 5.78 Å². The van der Waals surface area contributed by atoms with Crippen LogP contribution in [0.2, 0.25) is 0 Å². The molecule has 6 nitrogen and oxygen atoms in total. The first-order valence-electron chi connectivity index (χ1n) is 6.59. The van der Waals surface area contributed by atoms with Crippen molar-refractivity contribution in [2.75, 3.05) is 13.2 Å². The van der Waals surface area contributed by atoms with Gasteiger partial charge in [-0.1, -0.05) is 18.2 Å². The van der Waals surface area contributed by atoms with E-state index in [4.69, 9.17) is 23.4 Å². The summed E-state index contributed by atoms with van der Waals surface area (Å²) < 4.78 is 33.6. The number of hydrogen-bond acceptors (Lipinski definition) is 3. The zero-order valence-corrected chi connectivity index (χ0v) is 13.4. The summed E-state index contributed by atoms with van der Waals surface area (Å²) in [5.41, 5.74) is 0. The van der Waals surface area contributed by atoms with E-state index < -0.39 is 0 Å². The van der Waals surface area contributed by atoms with Gasteiger partial charge in [0.05, 0.1) is 13.2 Å². The molecule has 7 heteroatoms. The number of ketones is 1.